The van der Waals surface area contributed by atoms with E-state index in [0.29, 0.717) is 17.2 Å². The number of aromatic amines is 1. The van der Waals surface area contributed by atoms with Gasteiger partial charge >= 0.3 is 5.76 Å². The number of rotatable bonds is 3. The Balaban J connectivity index is 1.35. The number of aromatic nitrogens is 1. The number of carbonyl (C=O) groups is 1. The van der Waals surface area contributed by atoms with Crippen LogP contribution >= 0.6 is 0 Å². The average molecular weight is 369 g/mol. The monoisotopic (exact) mass is 369 g/mol. The van der Waals surface area contributed by atoms with Crippen LogP contribution in [0.5, 0.6) is 0 Å². The Kier molecular flexibility index (Phi) is 4.66. The zero-order valence-corrected chi connectivity index (χ0v) is 14.7. The first-order valence-corrected chi connectivity index (χ1v) is 8.98. The Morgan fingerprint density at radius 2 is 2.15 bits per heavy atom. The molecule has 1 fully saturated rings. The molecule has 1 saturated heterocycles. The highest BCUT2D eigenvalue weighted by Crippen LogP contribution is 2.23. The Labute approximate surface area is 154 Å². The van der Waals surface area contributed by atoms with Crippen molar-refractivity contribution in [2.45, 2.75) is 25.3 Å². The smallest absolute Gasteiger partial charge is 0.408 e. The lowest BCUT2D eigenvalue weighted by molar-refractivity contribution is -0.116. The molecule has 2 aliphatic rings. The number of hydrogen-bond donors (Lipinski definition) is 2. The fraction of sp³-hybridized carbons (Fsp3) is 0.300. The molecule has 1 aliphatic carbocycles. The maximum Gasteiger partial charge on any atom is 0.417 e. The summed E-state index contributed by atoms with van der Waals surface area (Å²) in [7, 11) is 0. The molecule has 0 bridgehead atoms. The first-order valence-electron chi connectivity index (χ1n) is 8.98. The molecule has 1 atom stereocenters. The number of hydrogen-bond acceptors (Lipinski definition) is 4. The van der Waals surface area contributed by atoms with Crippen molar-refractivity contribution in [3.8, 4) is 0 Å². The van der Waals surface area contributed by atoms with Gasteiger partial charge in [0, 0.05) is 24.9 Å². The summed E-state index contributed by atoms with van der Waals surface area (Å²) in [6.45, 7) is 1.51. The summed E-state index contributed by atoms with van der Waals surface area (Å²) < 4.78 is 18.4. The number of benzene rings is 1. The molecule has 7 heteroatoms. The van der Waals surface area contributed by atoms with Crippen LogP contribution in [0.3, 0.4) is 0 Å². The summed E-state index contributed by atoms with van der Waals surface area (Å²) in [5, 5.41) is 3.59. The predicted octanol–water partition coefficient (Wildman–Crippen LogP) is 0.783. The van der Waals surface area contributed by atoms with E-state index in [0.717, 1.165) is 37.2 Å². The third kappa shape index (κ3) is 4.02. The third-order valence-electron chi connectivity index (χ3n) is 4.88. The minimum atomic E-state index is -0.494. The Bertz CT molecular complexity index is 1060. The summed E-state index contributed by atoms with van der Waals surface area (Å²) in [6.07, 6.45) is 7.37. The molecule has 27 heavy (non-hydrogen) atoms. The van der Waals surface area contributed by atoms with Gasteiger partial charge in [-0.2, -0.15) is 0 Å². The second-order valence-corrected chi connectivity index (χ2v) is 6.78. The van der Waals surface area contributed by atoms with Crippen LogP contribution in [0.1, 0.15) is 19.3 Å². The quantitative estimate of drug-likeness (QED) is 0.784. The number of fused-ring (bicyclic) bond motifs is 1. The lowest BCUT2D eigenvalue weighted by atomic mass is 10.0. The van der Waals surface area contributed by atoms with Crippen LogP contribution in [-0.2, 0) is 4.79 Å². The van der Waals surface area contributed by atoms with Crippen molar-refractivity contribution in [2.24, 2.45) is 0 Å². The summed E-state index contributed by atoms with van der Waals surface area (Å²) in [6, 6.07) is 6.37. The fourth-order valence-corrected chi connectivity index (χ4v) is 3.50. The molecule has 6 nitrogen and oxygen atoms in total. The van der Waals surface area contributed by atoms with Crippen LogP contribution in [0.4, 0.5) is 10.1 Å². The van der Waals surface area contributed by atoms with E-state index in [2.05, 4.69) is 15.2 Å². The number of carbonyl (C=O) groups excluding carboxylic acids is 1. The molecule has 1 aromatic heterocycles. The molecule has 0 radical (unpaired) electrons. The van der Waals surface area contributed by atoms with Gasteiger partial charge in [0.05, 0.1) is 11.4 Å². The molecule has 0 spiro atoms. The van der Waals surface area contributed by atoms with Crippen LogP contribution in [0, 0.1) is 5.82 Å². The van der Waals surface area contributed by atoms with Gasteiger partial charge in [0.1, 0.15) is 5.82 Å². The number of nitrogens with one attached hydrogen (secondary N) is 2. The van der Waals surface area contributed by atoms with Gasteiger partial charge in [-0.3, -0.25) is 9.78 Å². The van der Waals surface area contributed by atoms with Gasteiger partial charge in [0.2, 0.25) is 5.91 Å². The molecule has 2 aromatic rings. The first-order chi connectivity index (χ1) is 13.1. The number of halogens is 1. The highest BCUT2D eigenvalue weighted by atomic mass is 19.1. The van der Waals surface area contributed by atoms with Crippen molar-refractivity contribution in [1.29, 1.82) is 0 Å². The van der Waals surface area contributed by atoms with Crippen LogP contribution in [0.15, 0.2) is 45.1 Å². The topological polar surface area (TPSA) is 78.3 Å². The molecular formula is C20H20FN3O3. The molecule has 4 rings (SSSR count). The average Bonchev–Trinajstić information content (AvgIpc) is 3.01. The lowest BCUT2D eigenvalue weighted by Gasteiger charge is -2.30. The number of H-pyrrole nitrogens is 1. The van der Waals surface area contributed by atoms with Gasteiger partial charge in [0.25, 0.3) is 0 Å². The van der Waals surface area contributed by atoms with E-state index in [1.165, 1.54) is 12.1 Å². The maximum absolute atomic E-state index is 13.4. The maximum atomic E-state index is 13.4. The molecule has 1 aliphatic heterocycles. The van der Waals surface area contributed by atoms with E-state index in [-0.39, 0.29) is 17.8 Å². The molecule has 2 N–H and O–H groups in total. The summed E-state index contributed by atoms with van der Waals surface area (Å²) in [5.74, 6) is -0.887. The van der Waals surface area contributed by atoms with E-state index < -0.39 is 5.76 Å². The van der Waals surface area contributed by atoms with Gasteiger partial charge in [-0.15, -0.1) is 0 Å². The van der Waals surface area contributed by atoms with Gasteiger partial charge in [-0.1, -0.05) is 17.7 Å². The van der Waals surface area contributed by atoms with Gasteiger partial charge in [0.15, 0.2) is 5.42 Å². The Morgan fingerprint density at radius 1 is 1.33 bits per heavy atom. The zero-order valence-electron chi connectivity index (χ0n) is 14.7. The number of piperidine rings is 1. The van der Waals surface area contributed by atoms with Crippen LogP contribution in [-0.4, -0.2) is 30.0 Å². The Morgan fingerprint density at radius 3 is 2.93 bits per heavy atom. The van der Waals surface area contributed by atoms with E-state index in [4.69, 9.17) is 4.42 Å². The second-order valence-electron chi connectivity index (χ2n) is 6.78. The highest BCUT2D eigenvalue weighted by molar-refractivity contribution is 5.89. The number of nitrogens with zero attached hydrogens (tertiary/aromatic N) is 1. The molecule has 140 valence electrons. The van der Waals surface area contributed by atoms with Crippen molar-refractivity contribution < 1.29 is 13.6 Å². The predicted molar refractivity (Wildman–Crippen MR) is 100.0 cm³/mol. The van der Waals surface area contributed by atoms with Crippen LogP contribution in [0.25, 0.3) is 12.2 Å². The first kappa shape index (κ1) is 17.3. The van der Waals surface area contributed by atoms with Gasteiger partial charge in [-0.05, 0) is 43.5 Å². The van der Waals surface area contributed by atoms with E-state index >= 15 is 0 Å². The minimum Gasteiger partial charge on any atom is -0.408 e. The number of amides is 1. The van der Waals surface area contributed by atoms with E-state index in [1.54, 1.807) is 18.2 Å². The third-order valence-corrected chi connectivity index (χ3v) is 4.88. The minimum absolute atomic E-state index is 0.153. The van der Waals surface area contributed by atoms with Crippen molar-refractivity contribution >= 4 is 23.7 Å². The van der Waals surface area contributed by atoms with E-state index in [1.807, 2.05) is 12.1 Å². The van der Waals surface area contributed by atoms with Gasteiger partial charge < -0.3 is 14.6 Å². The van der Waals surface area contributed by atoms with Crippen molar-refractivity contribution in [3.05, 3.63) is 63.0 Å². The zero-order chi connectivity index (χ0) is 18.8. The molecule has 1 unspecified atom stereocenters. The van der Waals surface area contributed by atoms with Crippen LogP contribution in [0.2, 0.25) is 0 Å². The summed E-state index contributed by atoms with van der Waals surface area (Å²) in [4.78, 5) is 28.2. The fourth-order valence-electron chi connectivity index (χ4n) is 3.50. The summed E-state index contributed by atoms with van der Waals surface area (Å²) in [5.41, 5.74) is 2.41. The van der Waals surface area contributed by atoms with Crippen LogP contribution < -0.4 is 26.7 Å². The number of anilines is 1. The highest BCUT2D eigenvalue weighted by Gasteiger charge is 2.17. The molecule has 2 heterocycles. The SMILES string of the molecule is O=C(C=C1CCN(c2cccc(F)c2)CC1)NC1C=c2oc(=O)[nH]c2=CC1. The van der Waals surface area contributed by atoms with Crippen molar-refractivity contribution in [3.63, 3.8) is 0 Å². The normalized spacial score (nSPS) is 18.9. The molecular weight excluding hydrogens is 349 g/mol. The lowest BCUT2D eigenvalue weighted by Crippen LogP contribution is -2.39. The summed E-state index contributed by atoms with van der Waals surface area (Å²) >= 11 is 0. The number of oxazole rings is 1. The Hall–Kier alpha value is -3.09. The van der Waals surface area contributed by atoms with E-state index in [9.17, 15) is 14.0 Å². The van der Waals surface area contributed by atoms with Crippen molar-refractivity contribution in [2.75, 3.05) is 18.0 Å². The van der Waals surface area contributed by atoms with Crippen molar-refractivity contribution in [1.82, 2.24) is 10.3 Å². The molecule has 1 amide bonds. The second kappa shape index (κ2) is 7.26. The molecule has 1 aromatic carbocycles. The largest absolute Gasteiger partial charge is 0.417 e. The van der Waals surface area contributed by atoms with Gasteiger partial charge in [-0.25, -0.2) is 9.18 Å². The molecule has 0 saturated carbocycles. The standard InChI is InChI=1S/C20H20FN3O3/c21-14-2-1-3-16(11-14)24-8-6-13(7-9-24)10-19(25)22-15-4-5-17-18(12-15)27-20(26)23-17/h1-3,5,10-12,15H,4,6-9H2,(H,22,25)(H,23,26).